The number of aliphatic carboxylic acids is 3. The quantitative estimate of drug-likeness (QED) is 0.377. The monoisotopic (exact) mass is 592 g/mol. The maximum atomic E-state index is 13.3. The van der Waals surface area contributed by atoms with Crippen molar-refractivity contribution in [1.82, 2.24) is 9.80 Å². The van der Waals surface area contributed by atoms with E-state index in [0.717, 1.165) is 80.3 Å². The summed E-state index contributed by atoms with van der Waals surface area (Å²) in [5.41, 5.74) is 0.926. The summed E-state index contributed by atoms with van der Waals surface area (Å²) in [4.78, 5) is 35.1. The number of piperidine rings is 2. The number of ether oxygens (including phenoxy) is 1. The first-order valence-corrected chi connectivity index (χ1v) is 14.1. The Labute approximate surface area is 244 Å². The molecule has 2 aliphatic rings. The van der Waals surface area contributed by atoms with E-state index in [1.807, 2.05) is 25.1 Å². The van der Waals surface area contributed by atoms with E-state index in [9.17, 15) is 14.3 Å². The molecule has 0 unspecified atom stereocenters. The van der Waals surface area contributed by atoms with Gasteiger partial charge in [-0.1, -0.05) is 23.7 Å². The predicted molar refractivity (Wildman–Crippen MR) is 152 cm³/mol. The molecule has 2 fully saturated rings. The van der Waals surface area contributed by atoms with Crippen LogP contribution < -0.4 is 4.74 Å². The summed E-state index contributed by atoms with van der Waals surface area (Å²) >= 11 is 6.06. The molecule has 224 valence electrons. The fourth-order valence-electron chi connectivity index (χ4n) is 5.43. The third-order valence-corrected chi connectivity index (χ3v) is 8.13. The van der Waals surface area contributed by atoms with E-state index in [0.29, 0.717) is 12.3 Å². The smallest absolute Gasteiger partial charge is 0.414 e. The zero-order valence-corrected chi connectivity index (χ0v) is 24.1. The number of nitrogens with zero attached hydrogens (tertiary/aromatic N) is 2. The molecular formula is C30H38ClFN2O7. The predicted octanol–water partition coefficient (Wildman–Crippen LogP) is 4.58. The van der Waals surface area contributed by atoms with Gasteiger partial charge in [-0.2, -0.15) is 0 Å². The number of hydrogen-bond donors (Lipinski definition) is 3. The minimum absolute atomic E-state index is 0.232. The highest BCUT2D eigenvalue weighted by atomic mass is 35.5. The Kier molecular flexibility index (Phi) is 11.5. The third kappa shape index (κ3) is 9.41. The average Bonchev–Trinajstić information content (AvgIpc) is 2.93. The molecule has 0 aromatic heterocycles. The van der Waals surface area contributed by atoms with Crippen LogP contribution in [-0.4, -0.2) is 87.4 Å². The van der Waals surface area contributed by atoms with Crippen molar-refractivity contribution in [3.8, 4) is 5.75 Å². The lowest BCUT2D eigenvalue weighted by Crippen LogP contribution is -2.57. The number of hydrogen-bond acceptors (Lipinski definition) is 6. The zero-order valence-electron chi connectivity index (χ0n) is 23.4. The molecule has 2 heterocycles. The van der Waals surface area contributed by atoms with Gasteiger partial charge < -0.3 is 25.0 Å². The molecule has 11 heteroatoms. The van der Waals surface area contributed by atoms with Gasteiger partial charge in [-0.15, -0.1) is 0 Å². The lowest BCUT2D eigenvalue weighted by atomic mass is 9.86. The fourth-order valence-corrected chi connectivity index (χ4v) is 5.66. The van der Waals surface area contributed by atoms with Gasteiger partial charge in [-0.3, -0.25) is 9.69 Å². The van der Waals surface area contributed by atoms with Crippen molar-refractivity contribution in [2.45, 2.75) is 57.6 Å². The van der Waals surface area contributed by atoms with Crippen molar-refractivity contribution >= 4 is 29.5 Å². The summed E-state index contributed by atoms with van der Waals surface area (Å²) in [6.45, 7) is 8.46. The fraction of sp³-hybridized carbons (Fsp3) is 0.500. The number of carboxylic acids is 3. The second-order valence-electron chi connectivity index (χ2n) is 11.0. The normalized spacial score (nSPS) is 18.5. The zero-order chi connectivity index (χ0) is 30.2. The van der Waals surface area contributed by atoms with Crippen LogP contribution in [0.1, 0.15) is 43.7 Å². The molecule has 9 nitrogen and oxygen atoms in total. The lowest BCUT2D eigenvalue weighted by molar-refractivity contribution is -0.159. The first-order valence-electron chi connectivity index (χ1n) is 13.7. The highest BCUT2D eigenvalue weighted by Gasteiger charge is 2.41. The van der Waals surface area contributed by atoms with E-state index >= 15 is 0 Å². The molecule has 1 atom stereocenters. The van der Waals surface area contributed by atoms with Gasteiger partial charge in [0.15, 0.2) is 0 Å². The number of benzene rings is 2. The number of likely N-dealkylation sites (tertiary alicyclic amines) is 2. The van der Waals surface area contributed by atoms with Crippen molar-refractivity contribution in [3.63, 3.8) is 0 Å². The van der Waals surface area contributed by atoms with Crippen LogP contribution in [0.15, 0.2) is 42.5 Å². The van der Waals surface area contributed by atoms with Crippen LogP contribution in [0.5, 0.6) is 5.75 Å². The van der Waals surface area contributed by atoms with Gasteiger partial charge in [-0.05, 0) is 100.0 Å². The third-order valence-electron chi connectivity index (χ3n) is 7.90. The van der Waals surface area contributed by atoms with Crippen molar-refractivity contribution in [3.05, 3.63) is 64.4 Å². The maximum Gasteiger partial charge on any atom is 0.414 e. The Balaban J connectivity index is 0.000000696. The van der Waals surface area contributed by atoms with E-state index < -0.39 is 23.4 Å². The average molecular weight is 593 g/mol. The first-order chi connectivity index (χ1) is 19.4. The van der Waals surface area contributed by atoms with Crippen LogP contribution in [0.3, 0.4) is 0 Å². The van der Waals surface area contributed by atoms with Gasteiger partial charge >= 0.3 is 17.9 Å². The molecule has 2 aliphatic heterocycles. The van der Waals surface area contributed by atoms with E-state index in [1.165, 1.54) is 12.1 Å². The molecule has 41 heavy (non-hydrogen) atoms. The van der Waals surface area contributed by atoms with Crippen LogP contribution in [0.25, 0.3) is 0 Å². The van der Waals surface area contributed by atoms with Gasteiger partial charge in [0.25, 0.3) is 0 Å². The van der Waals surface area contributed by atoms with Crippen molar-refractivity contribution in [2.75, 3.05) is 32.7 Å². The van der Waals surface area contributed by atoms with Crippen LogP contribution in [-0.2, 0) is 20.8 Å². The van der Waals surface area contributed by atoms with Crippen LogP contribution in [0, 0.1) is 18.7 Å². The standard InChI is InChI=1S/C28H36ClFN2O3.C2H2O4/c1-20-17-23(29)5-8-26(20)35-25-11-13-31(14-12-25)19-22-9-15-32(16-10-22)28(2,27(33)34)18-21-3-6-24(30)7-4-21;3-1(4)2(5)6/h3-8,17,22,25H,9-16,18-19H2,1-2H3,(H,33,34);(H,3,4)(H,5,6)/t28-;/m0./s1. The number of carbonyl (C=O) groups is 3. The molecule has 2 aromatic rings. The van der Waals surface area contributed by atoms with E-state index in [2.05, 4.69) is 9.80 Å². The topological polar surface area (TPSA) is 128 Å². The largest absolute Gasteiger partial charge is 0.490 e. The van der Waals surface area contributed by atoms with E-state index in [4.69, 9.17) is 36.1 Å². The molecule has 2 aromatic carbocycles. The number of rotatable bonds is 8. The van der Waals surface area contributed by atoms with Gasteiger partial charge in [0.1, 0.15) is 23.2 Å². The number of aryl methyl sites for hydroxylation is 1. The molecule has 3 N–H and O–H groups in total. The second kappa shape index (κ2) is 14.6. The molecule has 0 amide bonds. The molecule has 0 radical (unpaired) electrons. The summed E-state index contributed by atoms with van der Waals surface area (Å²) in [6.07, 6.45) is 4.61. The minimum atomic E-state index is -1.82. The Bertz CT molecular complexity index is 1180. The van der Waals surface area contributed by atoms with Gasteiger partial charge in [0.05, 0.1) is 0 Å². The number of halogens is 2. The SMILES string of the molecule is Cc1cc(Cl)ccc1OC1CCN(CC2CCN([C@@](C)(Cc3ccc(F)cc3)C(=O)O)CC2)CC1.O=C(O)C(=O)O. The van der Waals surface area contributed by atoms with Gasteiger partial charge in [0, 0.05) is 31.1 Å². The van der Waals surface area contributed by atoms with Crippen LogP contribution >= 0.6 is 11.6 Å². The molecule has 4 rings (SSSR count). The van der Waals surface area contributed by atoms with Crippen molar-refractivity contribution in [2.24, 2.45) is 5.92 Å². The highest BCUT2D eigenvalue weighted by Crippen LogP contribution is 2.30. The molecule has 2 saturated heterocycles. The van der Waals surface area contributed by atoms with Gasteiger partial charge in [0.2, 0.25) is 0 Å². The Morgan fingerprint density at radius 1 is 0.951 bits per heavy atom. The summed E-state index contributed by atoms with van der Waals surface area (Å²) in [7, 11) is 0. The van der Waals surface area contributed by atoms with Crippen molar-refractivity contribution < 1.29 is 38.8 Å². The Morgan fingerprint density at radius 2 is 1.54 bits per heavy atom. The van der Waals surface area contributed by atoms with Crippen LogP contribution in [0.2, 0.25) is 5.02 Å². The van der Waals surface area contributed by atoms with Gasteiger partial charge in [-0.25, -0.2) is 14.0 Å². The maximum absolute atomic E-state index is 13.3. The van der Waals surface area contributed by atoms with Crippen molar-refractivity contribution in [1.29, 1.82) is 0 Å². The summed E-state index contributed by atoms with van der Waals surface area (Å²) in [5, 5.41) is 25.6. The molecular weight excluding hydrogens is 555 g/mol. The first kappa shape index (κ1) is 32.3. The minimum Gasteiger partial charge on any atom is -0.490 e. The number of carboxylic acid groups (broad SMARTS) is 3. The van der Waals surface area contributed by atoms with Crippen LogP contribution in [0.4, 0.5) is 4.39 Å². The summed E-state index contributed by atoms with van der Waals surface area (Å²) in [6, 6.07) is 11.9. The lowest BCUT2D eigenvalue weighted by Gasteiger charge is -2.43. The molecule has 0 bridgehead atoms. The molecule has 0 aliphatic carbocycles. The summed E-state index contributed by atoms with van der Waals surface area (Å²) in [5.74, 6) is -3.28. The highest BCUT2D eigenvalue weighted by molar-refractivity contribution is 6.30. The second-order valence-corrected chi connectivity index (χ2v) is 11.4. The van der Waals surface area contributed by atoms with E-state index in [1.54, 1.807) is 19.1 Å². The molecule has 0 saturated carbocycles. The Hall–Kier alpha value is -3.21. The molecule has 0 spiro atoms. The Morgan fingerprint density at radius 3 is 2.05 bits per heavy atom. The summed E-state index contributed by atoms with van der Waals surface area (Å²) < 4.78 is 19.5. The van der Waals surface area contributed by atoms with E-state index in [-0.39, 0.29) is 11.9 Å².